The summed E-state index contributed by atoms with van der Waals surface area (Å²) in [6.45, 7) is 3.86. The molecule has 2 aromatic rings. The lowest BCUT2D eigenvalue weighted by Crippen LogP contribution is -2.19. The average molecular weight is 297 g/mol. The van der Waals surface area contributed by atoms with Crippen molar-refractivity contribution in [3.63, 3.8) is 0 Å². The number of methoxy groups -OCH3 is 1. The Labute approximate surface area is 122 Å². The Balaban J connectivity index is 1.84. The highest BCUT2D eigenvalue weighted by Crippen LogP contribution is 2.25. The third-order valence-electron chi connectivity index (χ3n) is 2.87. The number of hydrogen-bond donors (Lipinski definition) is 1. The van der Waals surface area contributed by atoms with Gasteiger partial charge in [0.15, 0.2) is 0 Å². The molecule has 0 aliphatic heterocycles. The van der Waals surface area contributed by atoms with Crippen LogP contribution in [0.15, 0.2) is 29.8 Å². The van der Waals surface area contributed by atoms with Gasteiger partial charge in [-0.15, -0.1) is 11.3 Å². The summed E-state index contributed by atoms with van der Waals surface area (Å²) in [5.74, 6) is 1.13. The molecule has 0 saturated heterocycles. The van der Waals surface area contributed by atoms with Crippen LogP contribution in [0.1, 0.15) is 23.4 Å². The summed E-state index contributed by atoms with van der Waals surface area (Å²) in [6.07, 6.45) is 1.85. The van der Waals surface area contributed by atoms with Gasteiger partial charge in [-0.3, -0.25) is 0 Å². The van der Waals surface area contributed by atoms with E-state index in [9.17, 15) is 0 Å². The van der Waals surface area contributed by atoms with Crippen LogP contribution in [0.25, 0.3) is 0 Å². The van der Waals surface area contributed by atoms with Crippen molar-refractivity contribution in [3.8, 4) is 5.75 Å². The van der Waals surface area contributed by atoms with Gasteiger partial charge in [0.25, 0.3) is 0 Å². The van der Waals surface area contributed by atoms with Crippen LogP contribution in [0.3, 0.4) is 0 Å². The quantitative estimate of drug-likeness (QED) is 0.882. The molecule has 1 atom stereocenters. The number of benzene rings is 1. The van der Waals surface area contributed by atoms with Gasteiger partial charge in [-0.2, -0.15) is 0 Å². The molecule has 0 radical (unpaired) electrons. The summed E-state index contributed by atoms with van der Waals surface area (Å²) in [5, 5.41) is 7.25. The van der Waals surface area contributed by atoms with E-state index in [1.807, 2.05) is 29.8 Å². The molecule has 0 fully saturated rings. The largest absolute Gasteiger partial charge is 0.495 e. The van der Waals surface area contributed by atoms with Crippen LogP contribution in [-0.2, 0) is 6.54 Å². The van der Waals surface area contributed by atoms with E-state index in [-0.39, 0.29) is 0 Å². The maximum Gasteiger partial charge on any atom is 0.137 e. The molecule has 19 heavy (non-hydrogen) atoms. The number of ether oxygens (including phenoxy) is 1. The van der Waals surface area contributed by atoms with Crippen LogP contribution in [-0.4, -0.2) is 18.6 Å². The number of hydrogen-bond acceptors (Lipinski definition) is 4. The number of rotatable bonds is 6. The molecule has 0 spiro atoms. The van der Waals surface area contributed by atoms with Crippen LogP contribution < -0.4 is 10.1 Å². The normalized spacial score (nSPS) is 12.4. The lowest BCUT2D eigenvalue weighted by molar-refractivity contribution is 0.415. The summed E-state index contributed by atoms with van der Waals surface area (Å²) in [4.78, 5) is 4.32. The van der Waals surface area contributed by atoms with Crippen molar-refractivity contribution >= 4 is 22.9 Å². The zero-order valence-corrected chi connectivity index (χ0v) is 12.6. The molecule has 2 rings (SSSR count). The zero-order valence-electron chi connectivity index (χ0n) is 11.0. The van der Waals surface area contributed by atoms with E-state index in [0.29, 0.717) is 16.7 Å². The van der Waals surface area contributed by atoms with Crippen LogP contribution in [0, 0.1) is 0 Å². The predicted molar refractivity (Wildman–Crippen MR) is 80.2 cm³/mol. The fourth-order valence-corrected chi connectivity index (χ4v) is 2.80. The second kappa shape index (κ2) is 6.89. The minimum absolute atomic E-state index is 0.425. The molecule has 0 saturated carbocycles. The van der Waals surface area contributed by atoms with E-state index in [1.54, 1.807) is 18.4 Å². The van der Waals surface area contributed by atoms with E-state index in [4.69, 9.17) is 16.3 Å². The van der Waals surface area contributed by atoms with Crippen LogP contribution in [0.5, 0.6) is 5.75 Å². The maximum absolute atomic E-state index is 6.09. The number of nitrogens with one attached hydrogen (secondary N) is 1. The summed E-state index contributed by atoms with van der Waals surface area (Å²) in [6, 6.07) is 5.84. The monoisotopic (exact) mass is 296 g/mol. The Kier molecular flexibility index (Phi) is 5.19. The first-order valence-electron chi connectivity index (χ1n) is 6.13. The second-order valence-corrected chi connectivity index (χ2v) is 5.70. The standard InChI is InChI=1S/C14H17ClN2OS/c1-10(14-17-5-6-19-14)8-16-9-11-3-4-13(18-2)12(15)7-11/h3-7,10,16H,8-9H2,1-2H3. The fourth-order valence-electron chi connectivity index (χ4n) is 1.82. The highest BCUT2D eigenvalue weighted by molar-refractivity contribution is 7.09. The Bertz CT molecular complexity index is 516. The van der Waals surface area contributed by atoms with Gasteiger partial charge in [0.2, 0.25) is 0 Å². The van der Waals surface area contributed by atoms with Crippen molar-refractivity contribution in [1.29, 1.82) is 0 Å². The smallest absolute Gasteiger partial charge is 0.137 e. The van der Waals surface area contributed by atoms with Gasteiger partial charge < -0.3 is 10.1 Å². The molecule has 0 bridgehead atoms. The van der Waals surface area contributed by atoms with Crippen LogP contribution in [0.2, 0.25) is 5.02 Å². The molecule has 1 aromatic carbocycles. The Morgan fingerprint density at radius 3 is 2.95 bits per heavy atom. The molecule has 5 heteroatoms. The van der Waals surface area contributed by atoms with Crippen molar-refractivity contribution < 1.29 is 4.74 Å². The molecule has 1 unspecified atom stereocenters. The highest BCUT2D eigenvalue weighted by Gasteiger charge is 2.07. The van der Waals surface area contributed by atoms with Crippen LogP contribution >= 0.6 is 22.9 Å². The molecular weight excluding hydrogens is 280 g/mol. The molecule has 0 amide bonds. The third-order valence-corrected chi connectivity index (χ3v) is 4.17. The van der Waals surface area contributed by atoms with E-state index in [2.05, 4.69) is 17.2 Å². The predicted octanol–water partition coefficient (Wildman–Crippen LogP) is 3.70. The number of aromatic nitrogens is 1. The summed E-state index contributed by atoms with van der Waals surface area (Å²) in [7, 11) is 1.62. The van der Waals surface area contributed by atoms with Gasteiger partial charge in [0, 0.05) is 30.6 Å². The minimum atomic E-state index is 0.425. The summed E-state index contributed by atoms with van der Waals surface area (Å²) < 4.78 is 5.13. The van der Waals surface area contributed by atoms with Gasteiger partial charge in [0.05, 0.1) is 17.1 Å². The Morgan fingerprint density at radius 2 is 2.32 bits per heavy atom. The highest BCUT2D eigenvalue weighted by atomic mass is 35.5. The van der Waals surface area contributed by atoms with Crippen molar-refractivity contribution in [2.24, 2.45) is 0 Å². The third kappa shape index (κ3) is 3.93. The summed E-state index contributed by atoms with van der Waals surface area (Å²) >= 11 is 7.79. The van der Waals surface area contributed by atoms with Gasteiger partial charge in [-0.25, -0.2) is 4.98 Å². The Hall–Kier alpha value is -1.10. The average Bonchev–Trinajstić information content (AvgIpc) is 2.93. The van der Waals surface area contributed by atoms with Gasteiger partial charge in [0.1, 0.15) is 5.75 Å². The van der Waals surface area contributed by atoms with Crippen molar-refractivity contribution in [3.05, 3.63) is 45.4 Å². The SMILES string of the molecule is COc1ccc(CNCC(C)c2nccs2)cc1Cl. The first kappa shape index (κ1) is 14.3. The molecule has 0 aliphatic carbocycles. The molecule has 1 aromatic heterocycles. The molecule has 1 N–H and O–H groups in total. The van der Waals surface area contributed by atoms with Crippen molar-refractivity contribution in [2.75, 3.05) is 13.7 Å². The van der Waals surface area contributed by atoms with Crippen LogP contribution in [0.4, 0.5) is 0 Å². The van der Waals surface area contributed by atoms with Crippen molar-refractivity contribution in [1.82, 2.24) is 10.3 Å². The number of thiazole rings is 1. The number of halogens is 1. The Morgan fingerprint density at radius 1 is 1.47 bits per heavy atom. The van der Waals surface area contributed by atoms with E-state index >= 15 is 0 Å². The molecule has 1 heterocycles. The van der Waals surface area contributed by atoms with E-state index in [0.717, 1.165) is 18.7 Å². The molecule has 0 aliphatic rings. The zero-order chi connectivity index (χ0) is 13.7. The second-order valence-electron chi connectivity index (χ2n) is 4.37. The van der Waals surface area contributed by atoms with Crippen molar-refractivity contribution in [2.45, 2.75) is 19.4 Å². The van der Waals surface area contributed by atoms with Gasteiger partial charge in [-0.05, 0) is 17.7 Å². The van der Waals surface area contributed by atoms with E-state index in [1.165, 1.54) is 5.01 Å². The first-order valence-corrected chi connectivity index (χ1v) is 7.39. The lowest BCUT2D eigenvalue weighted by Gasteiger charge is -2.11. The maximum atomic E-state index is 6.09. The topological polar surface area (TPSA) is 34.1 Å². The molecular formula is C14H17ClN2OS. The molecule has 102 valence electrons. The minimum Gasteiger partial charge on any atom is -0.495 e. The number of nitrogens with zero attached hydrogens (tertiary/aromatic N) is 1. The van der Waals surface area contributed by atoms with E-state index < -0.39 is 0 Å². The van der Waals surface area contributed by atoms with Gasteiger partial charge >= 0.3 is 0 Å². The lowest BCUT2D eigenvalue weighted by atomic mass is 10.1. The summed E-state index contributed by atoms with van der Waals surface area (Å²) in [5.41, 5.74) is 1.15. The fraction of sp³-hybridized carbons (Fsp3) is 0.357. The molecule has 3 nitrogen and oxygen atoms in total. The first-order chi connectivity index (χ1) is 9.20. The van der Waals surface area contributed by atoms with Gasteiger partial charge in [-0.1, -0.05) is 24.6 Å².